The van der Waals surface area contributed by atoms with Crippen molar-refractivity contribution in [1.29, 1.82) is 0 Å². The van der Waals surface area contributed by atoms with Crippen LogP contribution < -0.4 is 11.1 Å². The molecule has 0 radical (unpaired) electrons. The third-order valence-electron chi connectivity index (χ3n) is 4.07. The molecule has 11 heteroatoms. The van der Waals surface area contributed by atoms with Crippen LogP contribution in [-0.2, 0) is 34.8 Å². The topological polar surface area (TPSA) is 72.2 Å². The van der Waals surface area contributed by atoms with Crippen molar-refractivity contribution in [2.24, 2.45) is 5.73 Å². The van der Waals surface area contributed by atoms with Gasteiger partial charge in [0, 0.05) is 9.99 Å². The average Bonchev–Trinajstić information content (AvgIpc) is 2.61. The number of halogens is 7. The summed E-state index contributed by atoms with van der Waals surface area (Å²) in [5.74, 6) is -1.82. The first-order valence-corrected chi connectivity index (χ1v) is 9.45. The highest BCUT2D eigenvalue weighted by atomic mass is 127. The molecule has 2 aromatic rings. The summed E-state index contributed by atoms with van der Waals surface area (Å²) in [6.45, 7) is 0. The molecule has 0 fully saturated rings. The molecule has 2 aromatic carbocycles. The molecule has 0 heterocycles. The molecule has 30 heavy (non-hydrogen) atoms. The van der Waals surface area contributed by atoms with E-state index in [-0.39, 0.29) is 12.5 Å². The fourth-order valence-electron chi connectivity index (χ4n) is 2.66. The van der Waals surface area contributed by atoms with Gasteiger partial charge in [0.05, 0.1) is 17.5 Å². The Hall–Kier alpha value is -2.31. The van der Waals surface area contributed by atoms with Crippen LogP contribution in [-0.4, -0.2) is 17.9 Å². The third kappa shape index (κ3) is 6.61. The predicted octanol–water partition coefficient (Wildman–Crippen LogP) is 4.08. The van der Waals surface area contributed by atoms with Crippen molar-refractivity contribution in [3.63, 3.8) is 0 Å². The first kappa shape index (κ1) is 24.0. The maximum absolute atomic E-state index is 12.9. The molecule has 4 nitrogen and oxygen atoms in total. The minimum Gasteiger partial charge on any atom is -0.368 e. The Kier molecular flexibility index (Phi) is 7.37. The number of nitrogens with one attached hydrogen (secondary N) is 1. The monoisotopic (exact) mass is 544 g/mol. The molecular formula is C19H15F6IN2O2. The number of alkyl halides is 6. The van der Waals surface area contributed by atoms with Gasteiger partial charge in [-0.15, -0.1) is 0 Å². The molecule has 0 bridgehead atoms. The van der Waals surface area contributed by atoms with Crippen molar-refractivity contribution >= 4 is 34.4 Å². The highest BCUT2D eigenvalue weighted by Crippen LogP contribution is 2.36. The van der Waals surface area contributed by atoms with Gasteiger partial charge in [0.1, 0.15) is 6.04 Å². The van der Waals surface area contributed by atoms with Gasteiger partial charge in [-0.1, -0.05) is 18.2 Å². The van der Waals surface area contributed by atoms with E-state index in [1.54, 1.807) is 24.3 Å². The molecule has 0 saturated carbocycles. The Labute approximate surface area is 181 Å². The first-order valence-electron chi connectivity index (χ1n) is 8.38. The Morgan fingerprint density at radius 3 is 1.97 bits per heavy atom. The molecule has 0 saturated heterocycles. The molecule has 2 amide bonds. The largest absolute Gasteiger partial charge is 0.416 e. The van der Waals surface area contributed by atoms with Crippen LogP contribution >= 0.6 is 22.6 Å². The normalized spacial score (nSPS) is 13.0. The lowest BCUT2D eigenvalue weighted by Crippen LogP contribution is -2.46. The van der Waals surface area contributed by atoms with E-state index in [4.69, 9.17) is 5.73 Å². The van der Waals surface area contributed by atoms with Gasteiger partial charge in [-0.3, -0.25) is 9.59 Å². The number of hydrogen-bond donors (Lipinski definition) is 2. The maximum atomic E-state index is 12.9. The molecule has 0 aliphatic heterocycles. The van der Waals surface area contributed by atoms with Crippen LogP contribution in [0.2, 0.25) is 0 Å². The highest BCUT2D eigenvalue weighted by Gasteiger charge is 2.37. The second-order valence-corrected chi connectivity index (χ2v) is 7.57. The lowest BCUT2D eigenvalue weighted by atomic mass is 10.0. The van der Waals surface area contributed by atoms with Crippen LogP contribution in [0.25, 0.3) is 0 Å². The number of primary amides is 1. The molecule has 0 unspecified atom stereocenters. The van der Waals surface area contributed by atoms with Crippen LogP contribution in [0.1, 0.15) is 22.3 Å². The number of amides is 2. The summed E-state index contributed by atoms with van der Waals surface area (Å²) in [5, 5.41) is 2.28. The van der Waals surface area contributed by atoms with Crippen molar-refractivity contribution in [1.82, 2.24) is 5.32 Å². The van der Waals surface area contributed by atoms with Gasteiger partial charge in [0.2, 0.25) is 11.8 Å². The number of benzene rings is 2. The Morgan fingerprint density at radius 1 is 0.967 bits per heavy atom. The molecule has 162 valence electrons. The lowest BCUT2D eigenvalue weighted by molar-refractivity contribution is -0.143. The number of carbonyl (C=O) groups is 2. The zero-order valence-corrected chi connectivity index (χ0v) is 17.2. The van der Waals surface area contributed by atoms with Gasteiger partial charge < -0.3 is 11.1 Å². The van der Waals surface area contributed by atoms with Gasteiger partial charge in [-0.05, 0) is 58.0 Å². The van der Waals surface area contributed by atoms with E-state index in [9.17, 15) is 35.9 Å². The molecule has 0 aliphatic rings. The predicted molar refractivity (Wildman–Crippen MR) is 104 cm³/mol. The van der Waals surface area contributed by atoms with Crippen LogP contribution in [0.5, 0.6) is 0 Å². The van der Waals surface area contributed by atoms with Gasteiger partial charge in [-0.25, -0.2) is 0 Å². The van der Waals surface area contributed by atoms with Crippen LogP contribution in [0.4, 0.5) is 26.3 Å². The van der Waals surface area contributed by atoms with Crippen molar-refractivity contribution in [2.75, 3.05) is 0 Å². The number of hydrogen-bond acceptors (Lipinski definition) is 2. The Balaban J connectivity index is 2.23. The number of nitrogens with two attached hydrogens (primary N) is 1. The smallest absolute Gasteiger partial charge is 0.368 e. The minimum atomic E-state index is -5.02. The number of carbonyl (C=O) groups excluding carboxylic acids is 2. The fraction of sp³-hybridized carbons (Fsp3) is 0.263. The van der Waals surface area contributed by atoms with Crippen molar-refractivity contribution in [3.8, 4) is 0 Å². The summed E-state index contributed by atoms with van der Waals surface area (Å²) in [7, 11) is 0. The second-order valence-electron chi connectivity index (χ2n) is 6.41. The van der Waals surface area contributed by atoms with E-state index >= 15 is 0 Å². The van der Waals surface area contributed by atoms with Gasteiger partial charge >= 0.3 is 12.4 Å². The molecule has 2 rings (SSSR count). The summed E-state index contributed by atoms with van der Waals surface area (Å²) in [6, 6.07) is 6.66. The molecule has 1 atom stereocenters. The van der Waals surface area contributed by atoms with Gasteiger partial charge in [0.15, 0.2) is 0 Å². The van der Waals surface area contributed by atoms with Crippen molar-refractivity contribution in [2.45, 2.75) is 31.2 Å². The van der Waals surface area contributed by atoms with E-state index < -0.39 is 53.3 Å². The van der Waals surface area contributed by atoms with Gasteiger partial charge in [-0.2, -0.15) is 26.3 Å². The van der Waals surface area contributed by atoms with E-state index in [1.807, 2.05) is 22.6 Å². The standard InChI is InChI=1S/C19H15F6IN2O2/c20-18(21,22)12-5-10(6-13(9-12)19(23,24)25)7-16(29)28-15(17(27)30)8-11-3-1-2-4-14(11)26/h1-6,9,15H,7-8H2,(H2,27,30)(H,28,29)/t15-/m0/s1. The number of rotatable bonds is 6. The molecular weight excluding hydrogens is 529 g/mol. The zero-order chi connectivity index (χ0) is 22.7. The molecule has 3 N–H and O–H groups in total. The van der Waals surface area contributed by atoms with E-state index in [0.29, 0.717) is 17.7 Å². The highest BCUT2D eigenvalue weighted by molar-refractivity contribution is 14.1. The average molecular weight is 544 g/mol. The second kappa shape index (κ2) is 9.23. The first-order chi connectivity index (χ1) is 13.8. The van der Waals surface area contributed by atoms with Crippen molar-refractivity contribution < 1.29 is 35.9 Å². The van der Waals surface area contributed by atoms with Crippen LogP contribution in [0.3, 0.4) is 0 Å². The van der Waals surface area contributed by atoms with E-state index in [0.717, 1.165) is 3.57 Å². The quantitative estimate of drug-likeness (QED) is 0.425. The molecule has 0 aromatic heterocycles. The minimum absolute atomic E-state index is 0.0229. The Morgan fingerprint density at radius 2 is 1.50 bits per heavy atom. The molecule has 0 spiro atoms. The van der Waals surface area contributed by atoms with Gasteiger partial charge in [0.25, 0.3) is 0 Å². The van der Waals surface area contributed by atoms with Crippen LogP contribution in [0, 0.1) is 3.57 Å². The third-order valence-corrected chi connectivity index (χ3v) is 5.13. The maximum Gasteiger partial charge on any atom is 0.416 e. The summed E-state index contributed by atoms with van der Waals surface area (Å²) in [4.78, 5) is 23.9. The van der Waals surface area contributed by atoms with E-state index in [2.05, 4.69) is 5.32 Å². The SMILES string of the molecule is NC(=O)[C@H](Cc1ccccc1I)NC(=O)Cc1cc(C(F)(F)F)cc(C(F)(F)F)c1. The fourth-order valence-corrected chi connectivity index (χ4v) is 3.27. The van der Waals surface area contributed by atoms with Crippen molar-refractivity contribution in [3.05, 3.63) is 68.3 Å². The Bertz CT molecular complexity index is 911. The summed E-state index contributed by atoms with van der Waals surface area (Å²) < 4.78 is 78.4. The van der Waals surface area contributed by atoms with Crippen LogP contribution in [0.15, 0.2) is 42.5 Å². The lowest BCUT2D eigenvalue weighted by Gasteiger charge is -2.17. The molecule has 0 aliphatic carbocycles. The van der Waals surface area contributed by atoms with E-state index in [1.165, 1.54) is 0 Å². The zero-order valence-electron chi connectivity index (χ0n) is 15.1. The summed E-state index contributed by atoms with van der Waals surface area (Å²) in [5.41, 5.74) is 2.44. The summed E-state index contributed by atoms with van der Waals surface area (Å²) in [6.07, 6.45) is -10.8. The summed E-state index contributed by atoms with van der Waals surface area (Å²) >= 11 is 2.01.